The molecule has 0 saturated heterocycles. The fourth-order valence-electron chi connectivity index (χ4n) is 1.51. The lowest BCUT2D eigenvalue weighted by Crippen LogP contribution is -2.10. The van der Waals surface area contributed by atoms with Gasteiger partial charge in [0.1, 0.15) is 12.0 Å². The summed E-state index contributed by atoms with van der Waals surface area (Å²) in [5, 5.41) is 3.89. The first-order chi connectivity index (χ1) is 7.25. The second kappa shape index (κ2) is 4.28. The van der Waals surface area contributed by atoms with Gasteiger partial charge >= 0.3 is 0 Å². The molecule has 3 heteroatoms. The molecule has 0 bridgehead atoms. The highest BCUT2D eigenvalue weighted by Gasteiger charge is 2.01. The van der Waals surface area contributed by atoms with E-state index in [1.807, 2.05) is 6.07 Å². The first kappa shape index (κ1) is 9.93. The third-order valence-electron chi connectivity index (χ3n) is 2.19. The molecule has 78 valence electrons. The van der Waals surface area contributed by atoms with E-state index in [0.717, 1.165) is 17.8 Å². The van der Waals surface area contributed by atoms with Crippen molar-refractivity contribution in [3.8, 4) is 11.3 Å². The number of benzene rings is 1. The van der Waals surface area contributed by atoms with Gasteiger partial charge in [-0.3, -0.25) is 0 Å². The maximum absolute atomic E-state index is 4.81. The van der Waals surface area contributed by atoms with Gasteiger partial charge in [-0.1, -0.05) is 29.4 Å². The van der Waals surface area contributed by atoms with E-state index in [2.05, 4.69) is 48.4 Å². The molecule has 2 rings (SSSR count). The van der Waals surface area contributed by atoms with Crippen molar-refractivity contribution in [2.45, 2.75) is 6.54 Å². The lowest BCUT2D eigenvalue weighted by Gasteiger charge is -2.09. The third-order valence-corrected chi connectivity index (χ3v) is 2.19. The van der Waals surface area contributed by atoms with E-state index < -0.39 is 0 Å². The average molecular weight is 202 g/mol. The minimum absolute atomic E-state index is 0.881. The van der Waals surface area contributed by atoms with Crippen LogP contribution in [0.2, 0.25) is 0 Å². The Morgan fingerprint density at radius 3 is 2.40 bits per heavy atom. The predicted molar refractivity (Wildman–Crippen MR) is 59.3 cm³/mol. The molecule has 0 aliphatic heterocycles. The Labute approximate surface area is 89.3 Å². The zero-order valence-corrected chi connectivity index (χ0v) is 8.97. The van der Waals surface area contributed by atoms with E-state index in [9.17, 15) is 0 Å². The summed E-state index contributed by atoms with van der Waals surface area (Å²) in [6.07, 6.45) is 1.59. The number of aromatic nitrogens is 1. The molecule has 0 unspecified atom stereocenters. The van der Waals surface area contributed by atoms with E-state index >= 15 is 0 Å². The van der Waals surface area contributed by atoms with Crippen molar-refractivity contribution in [1.29, 1.82) is 0 Å². The molecule has 0 aliphatic rings. The molecule has 0 N–H and O–H groups in total. The normalized spacial score (nSPS) is 10.9. The van der Waals surface area contributed by atoms with Crippen LogP contribution in [0, 0.1) is 0 Å². The zero-order valence-electron chi connectivity index (χ0n) is 8.97. The largest absolute Gasteiger partial charge is 0.364 e. The summed E-state index contributed by atoms with van der Waals surface area (Å²) in [5.41, 5.74) is 3.27. The smallest absolute Gasteiger partial charge is 0.124 e. The van der Waals surface area contributed by atoms with Crippen LogP contribution >= 0.6 is 0 Å². The SMILES string of the molecule is CN(C)Cc1ccc(-c2ccon2)cc1. The Kier molecular flexibility index (Phi) is 2.83. The monoisotopic (exact) mass is 202 g/mol. The first-order valence-corrected chi connectivity index (χ1v) is 4.90. The van der Waals surface area contributed by atoms with Gasteiger partial charge in [0, 0.05) is 18.2 Å². The third kappa shape index (κ3) is 2.44. The molecule has 0 atom stereocenters. The Hall–Kier alpha value is -1.61. The van der Waals surface area contributed by atoms with E-state index in [4.69, 9.17) is 4.52 Å². The van der Waals surface area contributed by atoms with Gasteiger partial charge in [0.25, 0.3) is 0 Å². The van der Waals surface area contributed by atoms with Crippen LogP contribution in [-0.2, 0) is 6.54 Å². The number of hydrogen-bond acceptors (Lipinski definition) is 3. The minimum Gasteiger partial charge on any atom is -0.364 e. The molecule has 0 radical (unpaired) electrons. The molecule has 1 aromatic heterocycles. The molecule has 1 aromatic carbocycles. The van der Waals surface area contributed by atoms with Gasteiger partial charge in [-0.2, -0.15) is 0 Å². The maximum Gasteiger partial charge on any atom is 0.124 e. The highest BCUT2D eigenvalue weighted by Crippen LogP contribution is 2.17. The van der Waals surface area contributed by atoms with Gasteiger partial charge in [0.2, 0.25) is 0 Å². The second-order valence-electron chi connectivity index (χ2n) is 3.82. The Morgan fingerprint density at radius 1 is 1.13 bits per heavy atom. The summed E-state index contributed by atoms with van der Waals surface area (Å²) in [4.78, 5) is 2.14. The summed E-state index contributed by atoms with van der Waals surface area (Å²) >= 11 is 0. The van der Waals surface area contributed by atoms with Crippen LogP contribution in [0.25, 0.3) is 11.3 Å². The molecule has 3 nitrogen and oxygen atoms in total. The van der Waals surface area contributed by atoms with Gasteiger partial charge in [0.15, 0.2) is 0 Å². The highest BCUT2D eigenvalue weighted by atomic mass is 16.5. The molecule has 15 heavy (non-hydrogen) atoms. The standard InChI is InChI=1S/C12H14N2O/c1-14(2)9-10-3-5-11(6-4-10)12-7-8-15-13-12/h3-8H,9H2,1-2H3. The fraction of sp³-hybridized carbons (Fsp3) is 0.250. The second-order valence-corrected chi connectivity index (χ2v) is 3.82. The molecular formula is C12H14N2O. The average Bonchev–Trinajstić information content (AvgIpc) is 2.71. The van der Waals surface area contributed by atoms with Crippen LogP contribution in [0.4, 0.5) is 0 Å². The maximum atomic E-state index is 4.81. The van der Waals surface area contributed by atoms with Gasteiger partial charge < -0.3 is 9.42 Å². The quantitative estimate of drug-likeness (QED) is 0.765. The summed E-state index contributed by atoms with van der Waals surface area (Å²) in [6.45, 7) is 0.957. The van der Waals surface area contributed by atoms with Gasteiger partial charge in [-0.05, 0) is 19.7 Å². The predicted octanol–water partition coefficient (Wildman–Crippen LogP) is 2.40. The fourth-order valence-corrected chi connectivity index (χ4v) is 1.51. The number of hydrogen-bond donors (Lipinski definition) is 0. The molecular weight excluding hydrogens is 188 g/mol. The summed E-state index contributed by atoms with van der Waals surface area (Å²) in [7, 11) is 4.12. The topological polar surface area (TPSA) is 29.3 Å². The minimum atomic E-state index is 0.881. The van der Waals surface area contributed by atoms with Crippen molar-refractivity contribution in [3.05, 3.63) is 42.2 Å². The van der Waals surface area contributed by atoms with Crippen molar-refractivity contribution in [3.63, 3.8) is 0 Å². The van der Waals surface area contributed by atoms with Crippen molar-refractivity contribution in [2.24, 2.45) is 0 Å². The molecule has 0 aliphatic carbocycles. The van der Waals surface area contributed by atoms with Crippen LogP contribution in [0.1, 0.15) is 5.56 Å². The van der Waals surface area contributed by atoms with E-state index in [0.29, 0.717) is 0 Å². The van der Waals surface area contributed by atoms with Crippen molar-refractivity contribution < 1.29 is 4.52 Å². The van der Waals surface area contributed by atoms with Crippen LogP contribution in [-0.4, -0.2) is 24.2 Å². The molecule has 0 spiro atoms. The Morgan fingerprint density at radius 2 is 1.87 bits per heavy atom. The highest BCUT2D eigenvalue weighted by molar-refractivity contribution is 5.58. The van der Waals surface area contributed by atoms with E-state index in [-0.39, 0.29) is 0 Å². The van der Waals surface area contributed by atoms with Crippen LogP contribution < -0.4 is 0 Å². The van der Waals surface area contributed by atoms with Crippen LogP contribution in [0.15, 0.2) is 41.1 Å². The van der Waals surface area contributed by atoms with Gasteiger partial charge in [0.05, 0.1) is 0 Å². The first-order valence-electron chi connectivity index (χ1n) is 4.90. The summed E-state index contributed by atoms with van der Waals surface area (Å²) in [5.74, 6) is 0. The zero-order chi connectivity index (χ0) is 10.7. The molecule has 1 heterocycles. The van der Waals surface area contributed by atoms with Crippen molar-refractivity contribution in [1.82, 2.24) is 10.1 Å². The van der Waals surface area contributed by atoms with E-state index in [1.54, 1.807) is 6.26 Å². The van der Waals surface area contributed by atoms with Gasteiger partial charge in [-0.25, -0.2) is 0 Å². The Balaban J connectivity index is 2.17. The Bertz CT molecular complexity index is 404. The van der Waals surface area contributed by atoms with Crippen molar-refractivity contribution >= 4 is 0 Å². The molecule has 0 fully saturated rings. The van der Waals surface area contributed by atoms with Gasteiger partial charge in [-0.15, -0.1) is 0 Å². The summed E-state index contributed by atoms with van der Waals surface area (Å²) in [6, 6.07) is 10.2. The lowest BCUT2D eigenvalue weighted by molar-refractivity contribution is 0.402. The lowest BCUT2D eigenvalue weighted by atomic mass is 10.1. The molecule has 0 saturated carbocycles. The summed E-state index contributed by atoms with van der Waals surface area (Å²) < 4.78 is 4.81. The van der Waals surface area contributed by atoms with Crippen molar-refractivity contribution in [2.75, 3.05) is 14.1 Å². The van der Waals surface area contributed by atoms with Crippen LogP contribution in [0.3, 0.4) is 0 Å². The molecule has 2 aromatic rings. The number of rotatable bonds is 3. The van der Waals surface area contributed by atoms with E-state index in [1.165, 1.54) is 5.56 Å². The van der Waals surface area contributed by atoms with Crippen LogP contribution in [0.5, 0.6) is 0 Å². The number of nitrogens with zero attached hydrogens (tertiary/aromatic N) is 2. The molecule has 0 amide bonds.